The predicted molar refractivity (Wildman–Crippen MR) is 202 cm³/mol. The minimum atomic E-state index is -0.414. The van der Waals surface area contributed by atoms with E-state index in [1.165, 1.54) is 60.9 Å². The molecule has 0 aliphatic rings. The molecule has 0 fully saturated rings. The Labute approximate surface area is 289 Å². The third kappa shape index (κ3) is 4.86. The van der Waals surface area contributed by atoms with E-state index in [9.17, 15) is 0 Å². The van der Waals surface area contributed by atoms with Gasteiger partial charge in [-0.2, -0.15) is 0 Å². The van der Waals surface area contributed by atoms with E-state index >= 15 is 0 Å². The molecule has 1 atom stereocenters. The molecule has 0 amide bonds. The minimum Gasteiger partial charge on any atom is -0.456 e. The first kappa shape index (κ1) is 31.0. The fourth-order valence-corrected chi connectivity index (χ4v) is 8.74. The van der Waals surface area contributed by atoms with Crippen molar-refractivity contribution in [3.8, 4) is 0 Å². The van der Waals surface area contributed by atoms with Crippen LogP contribution in [0.1, 0.15) is 60.1 Å². The summed E-state index contributed by atoms with van der Waals surface area (Å²) in [6.45, 7) is 11.6. The number of hydrogen-bond donors (Lipinski definition) is 0. The zero-order chi connectivity index (χ0) is 34.1. The van der Waals surface area contributed by atoms with E-state index in [-0.39, 0.29) is 5.41 Å². The molecule has 8 aromatic rings. The molecule has 8 rings (SSSR count). The van der Waals surface area contributed by atoms with Gasteiger partial charge in [-0.3, -0.25) is 0 Å². The Morgan fingerprint density at radius 1 is 0.592 bits per heavy atom. The van der Waals surface area contributed by atoms with Crippen LogP contribution >= 0.6 is 0 Å². The summed E-state index contributed by atoms with van der Waals surface area (Å²) in [5.41, 5.74) is 10.2. The molecule has 49 heavy (non-hydrogen) atoms. The Morgan fingerprint density at radius 3 is 2.14 bits per heavy atom. The first-order valence-electron chi connectivity index (χ1n) is 17.4. The SMILES string of the molecule is Cc1ccccc1C(C)(C)c1cccc(CC(C)(c2c(C)ccc3c2oc2cc4c(ccc5ccccc54)cc23)c2cccc[n+]2C)[n+]1C. The van der Waals surface area contributed by atoms with Gasteiger partial charge < -0.3 is 4.42 Å². The highest BCUT2D eigenvalue weighted by molar-refractivity contribution is 6.16. The number of rotatable bonds is 6. The van der Waals surface area contributed by atoms with Crippen molar-refractivity contribution in [3.63, 3.8) is 0 Å². The van der Waals surface area contributed by atoms with Gasteiger partial charge in [-0.1, -0.05) is 78.9 Å². The van der Waals surface area contributed by atoms with E-state index in [1.807, 2.05) is 0 Å². The van der Waals surface area contributed by atoms with Crippen LogP contribution in [0.2, 0.25) is 0 Å². The molecule has 0 saturated carbocycles. The van der Waals surface area contributed by atoms with Gasteiger partial charge >= 0.3 is 0 Å². The van der Waals surface area contributed by atoms with Gasteiger partial charge in [0.1, 0.15) is 25.3 Å². The summed E-state index contributed by atoms with van der Waals surface area (Å²) in [4.78, 5) is 0. The number of aryl methyl sites for hydroxylation is 3. The van der Waals surface area contributed by atoms with Gasteiger partial charge in [-0.25, -0.2) is 9.13 Å². The van der Waals surface area contributed by atoms with Crippen LogP contribution < -0.4 is 9.13 Å². The smallest absolute Gasteiger partial charge is 0.192 e. The average molecular weight is 641 g/mol. The lowest BCUT2D eigenvalue weighted by atomic mass is 9.72. The van der Waals surface area contributed by atoms with Crippen LogP contribution in [0, 0.1) is 13.8 Å². The van der Waals surface area contributed by atoms with Crippen molar-refractivity contribution < 1.29 is 13.6 Å². The fourth-order valence-electron chi connectivity index (χ4n) is 8.74. The summed E-state index contributed by atoms with van der Waals surface area (Å²) < 4.78 is 11.7. The lowest BCUT2D eigenvalue weighted by molar-refractivity contribution is -0.692. The van der Waals surface area contributed by atoms with Crippen LogP contribution in [0.25, 0.3) is 43.5 Å². The highest BCUT2D eigenvalue weighted by Gasteiger charge is 2.43. The van der Waals surface area contributed by atoms with Crippen LogP contribution in [-0.2, 0) is 31.3 Å². The molecule has 0 spiro atoms. The molecule has 5 aromatic carbocycles. The quantitative estimate of drug-likeness (QED) is 0.131. The van der Waals surface area contributed by atoms with Gasteiger partial charge in [0.15, 0.2) is 23.3 Å². The number of furan rings is 1. The Bertz CT molecular complexity index is 2570. The van der Waals surface area contributed by atoms with Crippen LogP contribution in [0.4, 0.5) is 0 Å². The largest absolute Gasteiger partial charge is 0.456 e. The molecule has 3 nitrogen and oxygen atoms in total. The first-order valence-corrected chi connectivity index (χ1v) is 17.4. The van der Waals surface area contributed by atoms with Gasteiger partial charge in [-0.05, 0) is 91.1 Å². The Kier molecular flexibility index (Phi) is 7.22. The molecule has 242 valence electrons. The Balaban J connectivity index is 1.36. The Morgan fingerprint density at radius 2 is 1.33 bits per heavy atom. The number of benzene rings is 5. The maximum atomic E-state index is 7.03. The van der Waals surface area contributed by atoms with Crippen LogP contribution in [0.5, 0.6) is 0 Å². The fraction of sp³-hybridized carbons (Fsp3) is 0.217. The standard InChI is InChI=1S/C46H44N2O/c1-30-15-8-11-19-39(30)45(3,4)41-21-14-17-34(48(41)7)29-46(5,42-20-12-13-26-47(42)6)43-31(2)22-25-36-38-27-33-24-23-32-16-9-10-18-35(32)37(33)28-40(38)49-44(36)43/h8-28H,29H2,1-7H3/q+2. The summed E-state index contributed by atoms with van der Waals surface area (Å²) in [5, 5.41) is 7.27. The van der Waals surface area contributed by atoms with Gasteiger partial charge in [0.2, 0.25) is 0 Å². The lowest BCUT2D eigenvalue weighted by Crippen LogP contribution is -2.49. The normalized spacial score (nSPS) is 13.4. The second kappa shape index (κ2) is 11.4. The van der Waals surface area contributed by atoms with Gasteiger partial charge in [-0.15, -0.1) is 0 Å². The third-order valence-corrected chi connectivity index (χ3v) is 11.2. The molecule has 0 radical (unpaired) electrons. The molecule has 1 unspecified atom stereocenters. The second-order valence-electron chi connectivity index (χ2n) is 14.7. The van der Waals surface area contributed by atoms with Crippen molar-refractivity contribution in [1.82, 2.24) is 0 Å². The monoisotopic (exact) mass is 640 g/mol. The van der Waals surface area contributed by atoms with Gasteiger partial charge in [0, 0.05) is 40.6 Å². The number of hydrogen-bond acceptors (Lipinski definition) is 1. The van der Waals surface area contributed by atoms with E-state index in [4.69, 9.17) is 4.42 Å². The van der Waals surface area contributed by atoms with Crippen molar-refractivity contribution >= 4 is 43.5 Å². The van der Waals surface area contributed by atoms with Crippen LogP contribution in [-0.4, -0.2) is 0 Å². The highest BCUT2D eigenvalue weighted by Crippen LogP contribution is 2.44. The molecule has 0 bridgehead atoms. The molecule has 0 aliphatic heterocycles. The van der Waals surface area contributed by atoms with E-state index in [0.29, 0.717) is 0 Å². The van der Waals surface area contributed by atoms with Crippen molar-refractivity contribution in [2.24, 2.45) is 14.1 Å². The zero-order valence-corrected chi connectivity index (χ0v) is 29.6. The van der Waals surface area contributed by atoms with Gasteiger partial charge in [0.05, 0.1) is 17.3 Å². The van der Waals surface area contributed by atoms with E-state index < -0.39 is 5.41 Å². The maximum absolute atomic E-state index is 7.03. The zero-order valence-electron chi connectivity index (χ0n) is 29.6. The maximum Gasteiger partial charge on any atom is 0.192 e. The molecular weight excluding hydrogens is 597 g/mol. The molecule has 3 heteroatoms. The lowest BCUT2D eigenvalue weighted by Gasteiger charge is -2.30. The number of nitrogens with zero attached hydrogens (tertiary/aromatic N) is 2. The van der Waals surface area contributed by atoms with Crippen molar-refractivity contribution in [1.29, 1.82) is 0 Å². The van der Waals surface area contributed by atoms with Crippen molar-refractivity contribution in [2.45, 2.75) is 51.9 Å². The second-order valence-corrected chi connectivity index (χ2v) is 14.7. The first-order chi connectivity index (χ1) is 23.6. The third-order valence-electron chi connectivity index (χ3n) is 11.2. The van der Waals surface area contributed by atoms with Gasteiger partial charge in [0.25, 0.3) is 0 Å². The summed E-state index contributed by atoms with van der Waals surface area (Å²) in [6.07, 6.45) is 2.96. The topological polar surface area (TPSA) is 20.9 Å². The minimum absolute atomic E-state index is 0.176. The molecule has 0 aliphatic carbocycles. The van der Waals surface area contributed by atoms with E-state index in [2.05, 4.69) is 185 Å². The average Bonchev–Trinajstić information content (AvgIpc) is 3.45. The van der Waals surface area contributed by atoms with E-state index in [0.717, 1.165) is 28.4 Å². The van der Waals surface area contributed by atoms with Crippen LogP contribution in [0.3, 0.4) is 0 Å². The number of pyridine rings is 2. The molecule has 3 aromatic heterocycles. The highest BCUT2D eigenvalue weighted by atomic mass is 16.3. The summed E-state index contributed by atoms with van der Waals surface area (Å²) in [5.74, 6) is 0. The summed E-state index contributed by atoms with van der Waals surface area (Å²) in [7, 11) is 4.40. The summed E-state index contributed by atoms with van der Waals surface area (Å²) >= 11 is 0. The summed E-state index contributed by atoms with van der Waals surface area (Å²) in [6, 6.07) is 44.3. The Hall–Kier alpha value is -5.28. The molecule has 3 heterocycles. The van der Waals surface area contributed by atoms with E-state index in [1.54, 1.807) is 0 Å². The van der Waals surface area contributed by atoms with Crippen molar-refractivity contribution in [2.75, 3.05) is 0 Å². The molecule has 0 N–H and O–H groups in total. The number of fused-ring (bicyclic) bond motifs is 6. The van der Waals surface area contributed by atoms with Crippen molar-refractivity contribution in [3.05, 3.63) is 167 Å². The van der Waals surface area contributed by atoms with Crippen LogP contribution in [0.15, 0.2) is 132 Å². The predicted octanol–water partition coefficient (Wildman–Crippen LogP) is 10.0. The molecular formula is C46H44N2O+2. The number of aromatic nitrogens is 2. The molecule has 0 saturated heterocycles.